The molecule has 1 heterocycles. The zero-order valence-electron chi connectivity index (χ0n) is 13.7. The maximum atomic E-state index is 10.4. The Morgan fingerprint density at radius 3 is 2.50 bits per heavy atom. The van der Waals surface area contributed by atoms with E-state index in [-0.39, 0.29) is 0 Å². The van der Waals surface area contributed by atoms with Gasteiger partial charge in [0.15, 0.2) is 0 Å². The molecular formula is C18H27N3O. The van der Waals surface area contributed by atoms with Crippen LogP contribution in [-0.2, 0) is 0 Å². The summed E-state index contributed by atoms with van der Waals surface area (Å²) in [6, 6.07) is 9.89. The summed E-state index contributed by atoms with van der Waals surface area (Å²) in [6.45, 7) is 6.40. The predicted molar refractivity (Wildman–Crippen MR) is 88.5 cm³/mol. The lowest BCUT2D eigenvalue weighted by Crippen LogP contribution is -2.44. The third-order valence-electron chi connectivity index (χ3n) is 4.61. The van der Waals surface area contributed by atoms with Gasteiger partial charge in [0.2, 0.25) is 0 Å². The minimum absolute atomic E-state index is 0.494. The first kappa shape index (κ1) is 17.0. The van der Waals surface area contributed by atoms with Crippen molar-refractivity contribution in [3.63, 3.8) is 0 Å². The van der Waals surface area contributed by atoms with Gasteiger partial charge in [-0.2, -0.15) is 5.26 Å². The molecule has 1 aliphatic heterocycles. The van der Waals surface area contributed by atoms with Gasteiger partial charge in [-0.05, 0) is 63.6 Å². The number of aliphatic hydroxyl groups excluding tert-OH is 1. The average molecular weight is 301 g/mol. The SMILES string of the molecule is CCCN1CCC(N(C)CC(O)c2ccc(C#N)cc2)CC1. The first-order chi connectivity index (χ1) is 10.6. The molecule has 0 saturated carbocycles. The Hall–Kier alpha value is -1.41. The minimum atomic E-state index is -0.494. The lowest BCUT2D eigenvalue weighted by molar-refractivity contribution is 0.0736. The second kappa shape index (κ2) is 8.28. The quantitative estimate of drug-likeness (QED) is 0.876. The van der Waals surface area contributed by atoms with Crippen LogP contribution in [0.15, 0.2) is 24.3 Å². The van der Waals surface area contributed by atoms with Crippen molar-refractivity contribution in [2.75, 3.05) is 33.2 Å². The number of piperidine rings is 1. The molecule has 0 radical (unpaired) electrons. The molecule has 2 rings (SSSR count). The molecule has 120 valence electrons. The maximum absolute atomic E-state index is 10.4. The van der Waals surface area contributed by atoms with Crippen LogP contribution in [0.3, 0.4) is 0 Å². The minimum Gasteiger partial charge on any atom is -0.387 e. The Labute approximate surface area is 134 Å². The van der Waals surface area contributed by atoms with Gasteiger partial charge in [0.25, 0.3) is 0 Å². The molecule has 0 aromatic heterocycles. The maximum Gasteiger partial charge on any atom is 0.0991 e. The highest BCUT2D eigenvalue weighted by atomic mass is 16.3. The van der Waals surface area contributed by atoms with Gasteiger partial charge in [-0.15, -0.1) is 0 Å². The van der Waals surface area contributed by atoms with Crippen LogP contribution >= 0.6 is 0 Å². The number of nitrogens with zero attached hydrogens (tertiary/aromatic N) is 3. The second-order valence-corrected chi connectivity index (χ2v) is 6.26. The molecule has 1 aliphatic rings. The molecule has 1 saturated heterocycles. The van der Waals surface area contributed by atoms with E-state index in [2.05, 4.69) is 29.8 Å². The van der Waals surface area contributed by atoms with Gasteiger partial charge in [-0.25, -0.2) is 0 Å². The number of likely N-dealkylation sites (tertiary alicyclic amines) is 1. The third-order valence-corrected chi connectivity index (χ3v) is 4.61. The Morgan fingerprint density at radius 1 is 1.32 bits per heavy atom. The monoisotopic (exact) mass is 301 g/mol. The summed E-state index contributed by atoms with van der Waals surface area (Å²) in [7, 11) is 2.10. The number of aliphatic hydroxyl groups is 1. The lowest BCUT2D eigenvalue weighted by Gasteiger charge is -2.37. The van der Waals surface area contributed by atoms with E-state index in [1.165, 1.54) is 25.8 Å². The van der Waals surface area contributed by atoms with Crippen LogP contribution in [0.25, 0.3) is 0 Å². The standard InChI is InChI=1S/C18H27N3O/c1-3-10-21-11-8-17(9-12-21)20(2)14-18(22)16-6-4-15(13-19)5-7-16/h4-7,17-18,22H,3,8-12,14H2,1-2H3. The Morgan fingerprint density at radius 2 is 1.95 bits per heavy atom. The zero-order chi connectivity index (χ0) is 15.9. The summed E-state index contributed by atoms with van der Waals surface area (Å²) in [5.74, 6) is 0. The van der Waals surface area contributed by atoms with Crippen molar-refractivity contribution in [3.8, 4) is 6.07 Å². The molecule has 1 aromatic rings. The fourth-order valence-electron chi connectivity index (χ4n) is 3.21. The lowest BCUT2D eigenvalue weighted by atomic mass is 10.0. The smallest absolute Gasteiger partial charge is 0.0991 e. The van der Waals surface area contributed by atoms with Crippen molar-refractivity contribution >= 4 is 0 Å². The third kappa shape index (κ3) is 4.54. The summed E-state index contributed by atoms with van der Waals surface area (Å²) in [5.41, 5.74) is 1.52. The zero-order valence-corrected chi connectivity index (χ0v) is 13.7. The molecule has 4 nitrogen and oxygen atoms in total. The molecule has 1 atom stereocenters. The molecule has 4 heteroatoms. The number of benzene rings is 1. The molecule has 1 fully saturated rings. The van der Waals surface area contributed by atoms with E-state index in [9.17, 15) is 5.11 Å². The van der Waals surface area contributed by atoms with Crippen molar-refractivity contribution in [2.24, 2.45) is 0 Å². The molecule has 22 heavy (non-hydrogen) atoms. The van der Waals surface area contributed by atoms with Crippen molar-refractivity contribution in [1.29, 1.82) is 5.26 Å². The topological polar surface area (TPSA) is 50.5 Å². The largest absolute Gasteiger partial charge is 0.387 e. The molecule has 0 aliphatic carbocycles. The van der Waals surface area contributed by atoms with Gasteiger partial charge in [-0.3, -0.25) is 0 Å². The fourth-order valence-corrected chi connectivity index (χ4v) is 3.21. The molecule has 0 bridgehead atoms. The Kier molecular flexibility index (Phi) is 6.38. The molecule has 1 N–H and O–H groups in total. The van der Waals surface area contributed by atoms with E-state index in [0.717, 1.165) is 18.7 Å². The van der Waals surface area contributed by atoms with Crippen molar-refractivity contribution < 1.29 is 5.11 Å². The normalized spacial score (nSPS) is 18.3. The van der Waals surface area contributed by atoms with E-state index >= 15 is 0 Å². The summed E-state index contributed by atoms with van der Waals surface area (Å²) >= 11 is 0. The Balaban J connectivity index is 1.83. The van der Waals surface area contributed by atoms with E-state index < -0.39 is 6.10 Å². The van der Waals surface area contributed by atoms with Crippen molar-refractivity contribution in [2.45, 2.75) is 38.3 Å². The second-order valence-electron chi connectivity index (χ2n) is 6.26. The van der Waals surface area contributed by atoms with Gasteiger partial charge < -0.3 is 14.9 Å². The number of hydrogen-bond donors (Lipinski definition) is 1. The van der Waals surface area contributed by atoms with Gasteiger partial charge in [0.1, 0.15) is 0 Å². The van der Waals surface area contributed by atoms with Gasteiger partial charge in [-0.1, -0.05) is 19.1 Å². The van der Waals surface area contributed by atoms with Crippen LogP contribution < -0.4 is 0 Å². The molecule has 1 unspecified atom stereocenters. The first-order valence-electron chi connectivity index (χ1n) is 8.24. The van der Waals surface area contributed by atoms with Crippen LogP contribution in [0.5, 0.6) is 0 Å². The molecule has 1 aromatic carbocycles. The highest BCUT2D eigenvalue weighted by molar-refractivity contribution is 5.32. The van der Waals surface area contributed by atoms with Crippen LogP contribution in [0.4, 0.5) is 0 Å². The van der Waals surface area contributed by atoms with Gasteiger partial charge >= 0.3 is 0 Å². The van der Waals surface area contributed by atoms with E-state index in [4.69, 9.17) is 5.26 Å². The van der Waals surface area contributed by atoms with Crippen LogP contribution in [-0.4, -0.2) is 54.2 Å². The van der Waals surface area contributed by atoms with Crippen LogP contribution in [0.2, 0.25) is 0 Å². The number of hydrogen-bond acceptors (Lipinski definition) is 4. The van der Waals surface area contributed by atoms with Crippen molar-refractivity contribution in [3.05, 3.63) is 35.4 Å². The summed E-state index contributed by atoms with van der Waals surface area (Å²) in [6.07, 6.45) is 3.08. The first-order valence-corrected chi connectivity index (χ1v) is 8.24. The molecular weight excluding hydrogens is 274 g/mol. The average Bonchev–Trinajstić information content (AvgIpc) is 2.55. The summed E-state index contributed by atoms with van der Waals surface area (Å²) in [4.78, 5) is 4.81. The fraction of sp³-hybridized carbons (Fsp3) is 0.611. The van der Waals surface area contributed by atoms with E-state index in [1.807, 2.05) is 12.1 Å². The molecule has 0 spiro atoms. The number of rotatable bonds is 6. The predicted octanol–water partition coefficient (Wildman–Crippen LogP) is 2.40. The number of nitriles is 1. The number of likely N-dealkylation sites (N-methyl/N-ethyl adjacent to an activating group) is 1. The molecule has 0 amide bonds. The van der Waals surface area contributed by atoms with Gasteiger partial charge in [0.05, 0.1) is 17.7 Å². The van der Waals surface area contributed by atoms with Crippen LogP contribution in [0.1, 0.15) is 43.4 Å². The highest BCUT2D eigenvalue weighted by Crippen LogP contribution is 2.20. The van der Waals surface area contributed by atoms with Crippen LogP contribution in [0, 0.1) is 11.3 Å². The Bertz CT molecular complexity index is 486. The van der Waals surface area contributed by atoms with E-state index in [1.54, 1.807) is 12.1 Å². The highest BCUT2D eigenvalue weighted by Gasteiger charge is 2.23. The van der Waals surface area contributed by atoms with Gasteiger partial charge in [0, 0.05) is 12.6 Å². The summed E-state index contributed by atoms with van der Waals surface area (Å²) < 4.78 is 0. The summed E-state index contributed by atoms with van der Waals surface area (Å²) in [5, 5.41) is 19.2. The van der Waals surface area contributed by atoms with E-state index in [0.29, 0.717) is 18.2 Å². The van der Waals surface area contributed by atoms with Crippen molar-refractivity contribution in [1.82, 2.24) is 9.80 Å².